The lowest BCUT2D eigenvalue weighted by Crippen LogP contribution is -2.55. The lowest BCUT2D eigenvalue weighted by atomic mass is 9.68. The van der Waals surface area contributed by atoms with Gasteiger partial charge in [-0.05, 0) is 45.3 Å². The molecule has 0 aromatic heterocycles. The summed E-state index contributed by atoms with van der Waals surface area (Å²) in [6.07, 6.45) is -0.491. The van der Waals surface area contributed by atoms with Crippen molar-refractivity contribution in [3.63, 3.8) is 0 Å². The number of nitrogens with zero attached hydrogens (tertiary/aromatic N) is 1. The number of alkyl halides is 2. The molecule has 0 bridgehead atoms. The van der Waals surface area contributed by atoms with Gasteiger partial charge in [-0.2, -0.15) is 0 Å². The minimum Gasteiger partial charge on any atom is -0.457 e. The van der Waals surface area contributed by atoms with Crippen molar-refractivity contribution in [1.82, 2.24) is 0 Å². The van der Waals surface area contributed by atoms with Crippen LogP contribution in [0, 0.1) is 11.7 Å². The molecule has 1 aromatic carbocycles. The fourth-order valence-corrected chi connectivity index (χ4v) is 3.77. The van der Waals surface area contributed by atoms with Crippen LogP contribution in [0.4, 0.5) is 13.2 Å². The average molecular weight is 394 g/mol. The Kier molecular flexibility index (Phi) is 4.14. The Hall–Kier alpha value is -2.00. The molecule has 1 aromatic rings. The minimum absolute atomic E-state index is 0.250. The molecule has 0 amide bonds. The van der Waals surface area contributed by atoms with E-state index in [0.29, 0.717) is 5.46 Å². The number of rotatable bonds is 3. The van der Waals surface area contributed by atoms with Gasteiger partial charge in [0.2, 0.25) is 0 Å². The highest BCUT2D eigenvalue weighted by Crippen LogP contribution is 2.49. The zero-order chi connectivity index (χ0) is 20.5. The molecule has 5 nitrogen and oxygen atoms in total. The van der Waals surface area contributed by atoms with Gasteiger partial charge in [-0.1, -0.05) is 18.2 Å². The fourth-order valence-electron chi connectivity index (χ4n) is 3.77. The van der Waals surface area contributed by atoms with E-state index in [4.69, 9.17) is 19.8 Å². The summed E-state index contributed by atoms with van der Waals surface area (Å²) < 4.78 is 60.7. The Bertz CT molecular complexity index is 858. The van der Waals surface area contributed by atoms with Gasteiger partial charge >= 0.3 is 7.12 Å². The maximum Gasteiger partial charge on any atom is 0.494 e. The molecule has 1 saturated heterocycles. The van der Waals surface area contributed by atoms with Gasteiger partial charge in [0.15, 0.2) is 5.54 Å². The van der Waals surface area contributed by atoms with Crippen molar-refractivity contribution in [2.45, 2.75) is 57.0 Å². The van der Waals surface area contributed by atoms with Gasteiger partial charge in [-0.15, -0.1) is 0 Å². The van der Waals surface area contributed by atoms with Crippen LogP contribution >= 0.6 is 0 Å². The second-order valence-corrected chi connectivity index (χ2v) is 8.40. The molecule has 2 aliphatic heterocycles. The van der Waals surface area contributed by atoms with Crippen molar-refractivity contribution in [2.75, 3.05) is 0 Å². The first-order chi connectivity index (χ1) is 13.0. The zero-order valence-electron chi connectivity index (χ0n) is 16.1. The SMILES string of the molecule is CC1(C)OB(c2ccc(F)c(C3(C(F)F)N=C(N)OC4C=CC43)c2)OC1(C)C. The van der Waals surface area contributed by atoms with Crippen LogP contribution in [-0.4, -0.2) is 36.9 Å². The Balaban J connectivity index is 1.81. The van der Waals surface area contributed by atoms with Crippen molar-refractivity contribution in [2.24, 2.45) is 16.6 Å². The molecule has 150 valence electrons. The number of hydrogen-bond donors (Lipinski definition) is 1. The van der Waals surface area contributed by atoms with Gasteiger partial charge in [0.1, 0.15) is 11.9 Å². The number of hydrogen-bond acceptors (Lipinski definition) is 5. The molecule has 1 fully saturated rings. The highest BCUT2D eigenvalue weighted by molar-refractivity contribution is 6.62. The van der Waals surface area contributed by atoms with Gasteiger partial charge < -0.3 is 19.8 Å². The van der Waals surface area contributed by atoms with Crippen molar-refractivity contribution in [3.05, 3.63) is 41.7 Å². The molecule has 0 saturated carbocycles. The molecule has 4 rings (SSSR count). The van der Waals surface area contributed by atoms with E-state index in [-0.39, 0.29) is 11.6 Å². The Morgan fingerprint density at radius 1 is 1.11 bits per heavy atom. The van der Waals surface area contributed by atoms with Crippen LogP contribution in [0.1, 0.15) is 33.3 Å². The molecule has 0 spiro atoms. The van der Waals surface area contributed by atoms with Crippen molar-refractivity contribution >= 4 is 18.6 Å². The number of benzene rings is 1. The van der Waals surface area contributed by atoms with E-state index in [1.54, 1.807) is 12.2 Å². The van der Waals surface area contributed by atoms with Crippen LogP contribution in [0.15, 0.2) is 35.3 Å². The smallest absolute Gasteiger partial charge is 0.457 e. The number of fused-ring (bicyclic) bond motifs is 1. The summed E-state index contributed by atoms with van der Waals surface area (Å²) >= 11 is 0. The quantitative estimate of drug-likeness (QED) is 0.632. The molecule has 0 radical (unpaired) electrons. The van der Waals surface area contributed by atoms with E-state index in [9.17, 15) is 13.2 Å². The first kappa shape index (κ1) is 19.3. The van der Waals surface area contributed by atoms with E-state index in [0.717, 1.165) is 6.07 Å². The summed E-state index contributed by atoms with van der Waals surface area (Å²) in [5.74, 6) is -1.61. The first-order valence-electron chi connectivity index (χ1n) is 9.12. The van der Waals surface area contributed by atoms with Crippen molar-refractivity contribution in [1.29, 1.82) is 0 Å². The monoisotopic (exact) mass is 394 g/mol. The largest absolute Gasteiger partial charge is 0.494 e. The van der Waals surface area contributed by atoms with Gasteiger partial charge in [0.25, 0.3) is 12.4 Å². The zero-order valence-corrected chi connectivity index (χ0v) is 16.1. The molecular formula is C19H22BF3N2O3. The minimum atomic E-state index is -2.99. The van der Waals surface area contributed by atoms with E-state index < -0.39 is 48.1 Å². The average Bonchev–Trinajstić information content (AvgIpc) is 2.78. The number of nitrogens with two attached hydrogens (primary N) is 1. The standard InChI is InChI=1S/C19H22BF3N2O3/c1-17(2)18(3,4)28-20(27-17)10-5-7-13(21)12(9-10)19(15(22)23)11-6-8-14(11)26-16(24)25-19/h5-9,11,14-15H,1-4H3,(H2,24,25). The molecule has 1 aliphatic carbocycles. The number of ether oxygens (including phenoxy) is 1. The predicted molar refractivity (Wildman–Crippen MR) is 98.9 cm³/mol. The van der Waals surface area contributed by atoms with Crippen LogP contribution in [0.2, 0.25) is 0 Å². The summed E-state index contributed by atoms with van der Waals surface area (Å²) in [6, 6.07) is 3.57. The van der Waals surface area contributed by atoms with Gasteiger partial charge in [-0.25, -0.2) is 18.2 Å². The normalized spacial score (nSPS) is 32.6. The van der Waals surface area contributed by atoms with E-state index >= 15 is 0 Å². The van der Waals surface area contributed by atoms with Crippen LogP contribution in [0.5, 0.6) is 0 Å². The Morgan fingerprint density at radius 2 is 1.75 bits per heavy atom. The molecule has 3 atom stereocenters. The van der Waals surface area contributed by atoms with E-state index in [1.165, 1.54) is 12.1 Å². The first-order valence-corrected chi connectivity index (χ1v) is 9.12. The molecule has 9 heteroatoms. The summed E-state index contributed by atoms with van der Waals surface area (Å²) in [5.41, 5.74) is 2.44. The van der Waals surface area contributed by atoms with Crippen LogP contribution in [0.3, 0.4) is 0 Å². The summed E-state index contributed by atoms with van der Waals surface area (Å²) in [7, 11) is -0.812. The lowest BCUT2D eigenvalue weighted by Gasteiger charge is -2.46. The molecule has 28 heavy (non-hydrogen) atoms. The molecule has 3 unspecified atom stereocenters. The second kappa shape index (κ2) is 6.00. The van der Waals surface area contributed by atoms with E-state index in [2.05, 4.69) is 4.99 Å². The third-order valence-corrected chi connectivity index (χ3v) is 6.20. The molecule has 2 heterocycles. The van der Waals surface area contributed by atoms with Crippen LogP contribution in [-0.2, 0) is 19.6 Å². The number of aliphatic imine (C=N–C) groups is 1. The molecule has 2 N–H and O–H groups in total. The second-order valence-electron chi connectivity index (χ2n) is 8.40. The number of halogens is 3. The third kappa shape index (κ3) is 2.59. The topological polar surface area (TPSA) is 66.1 Å². The highest BCUT2D eigenvalue weighted by Gasteiger charge is 2.58. The maximum absolute atomic E-state index is 14.8. The summed E-state index contributed by atoms with van der Waals surface area (Å²) in [4.78, 5) is 3.90. The van der Waals surface area contributed by atoms with Crippen molar-refractivity contribution < 1.29 is 27.2 Å². The highest BCUT2D eigenvalue weighted by atomic mass is 19.3. The van der Waals surface area contributed by atoms with Crippen LogP contribution < -0.4 is 11.2 Å². The number of amidine groups is 1. The van der Waals surface area contributed by atoms with Gasteiger partial charge in [0.05, 0.1) is 17.1 Å². The fraction of sp³-hybridized carbons (Fsp3) is 0.526. The summed E-state index contributed by atoms with van der Waals surface area (Å²) in [6.45, 7) is 7.52. The molecule has 3 aliphatic rings. The predicted octanol–water partition coefficient (Wildman–Crippen LogP) is 2.48. The Labute approximate surface area is 161 Å². The maximum atomic E-state index is 14.8. The molecular weight excluding hydrogens is 372 g/mol. The van der Waals surface area contributed by atoms with E-state index in [1.807, 2.05) is 27.7 Å². The third-order valence-electron chi connectivity index (χ3n) is 6.20. The van der Waals surface area contributed by atoms with Crippen molar-refractivity contribution in [3.8, 4) is 0 Å². The summed E-state index contributed by atoms with van der Waals surface area (Å²) in [5, 5.41) is 0. The lowest BCUT2D eigenvalue weighted by molar-refractivity contribution is -0.0281. The Morgan fingerprint density at radius 3 is 2.29 bits per heavy atom. The van der Waals surface area contributed by atoms with Crippen LogP contribution in [0.25, 0.3) is 0 Å². The van der Waals surface area contributed by atoms with Gasteiger partial charge in [-0.3, -0.25) is 0 Å². The van der Waals surface area contributed by atoms with Gasteiger partial charge in [0, 0.05) is 5.56 Å².